The van der Waals surface area contributed by atoms with Crippen molar-refractivity contribution in [1.29, 1.82) is 0 Å². The van der Waals surface area contributed by atoms with Crippen molar-refractivity contribution in [3.05, 3.63) is 42.5 Å². The number of aryl methyl sites for hydroxylation is 2. The molecule has 1 aliphatic rings. The molecule has 0 unspecified atom stereocenters. The van der Waals surface area contributed by atoms with Crippen molar-refractivity contribution in [2.45, 2.75) is 57.5 Å². The first-order valence-corrected chi connectivity index (χ1v) is 9.12. The van der Waals surface area contributed by atoms with Crippen molar-refractivity contribution < 1.29 is 9.90 Å². The van der Waals surface area contributed by atoms with E-state index < -0.39 is 0 Å². The summed E-state index contributed by atoms with van der Waals surface area (Å²) in [5.74, 6) is 0.557. The monoisotopic (exact) mass is 342 g/mol. The number of phenolic OH excluding ortho intramolecular Hbond substituents is 1. The minimum absolute atomic E-state index is 0.260. The number of hydrogen-bond donors (Lipinski definition) is 1. The van der Waals surface area contributed by atoms with E-state index in [-0.39, 0.29) is 5.91 Å². The van der Waals surface area contributed by atoms with E-state index >= 15 is 0 Å². The van der Waals surface area contributed by atoms with Crippen LogP contribution in [0.25, 0.3) is 0 Å². The van der Waals surface area contributed by atoms with Gasteiger partial charge in [-0.25, -0.2) is 4.98 Å². The first kappa shape index (κ1) is 17.5. The first-order valence-electron chi connectivity index (χ1n) is 9.12. The van der Waals surface area contributed by atoms with Crippen LogP contribution in [-0.2, 0) is 17.8 Å². The molecule has 0 saturated carbocycles. The molecule has 6 nitrogen and oxygen atoms in total. The first-order chi connectivity index (χ1) is 12.2. The maximum atomic E-state index is 12.6. The normalized spacial score (nSPS) is 17.6. The molecule has 3 rings (SSSR count). The fourth-order valence-electron chi connectivity index (χ4n) is 3.51. The second-order valence-electron chi connectivity index (χ2n) is 6.70. The highest BCUT2D eigenvalue weighted by Crippen LogP contribution is 2.23. The zero-order valence-electron chi connectivity index (χ0n) is 14.5. The summed E-state index contributed by atoms with van der Waals surface area (Å²) >= 11 is 0. The van der Waals surface area contributed by atoms with Gasteiger partial charge in [-0.05, 0) is 56.2 Å². The van der Waals surface area contributed by atoms with Crippen LogP contribution in [0.2, 0.25) is 0 Å². The van der Waals surface area contributed by atoms with Crippen LogP contribution in [0.4, 0.5) is 0 Å². The van der Waals surface area contributed by atoms with Gasteiger partial charge in [-0.15, -0.1) is 0 Å². The number of rotatable bonds is 7. The van der Waals surface area contributed by atoms with Gasteiger partial charge in [0.15, 0.2) is 0 Å². The topological polar surface area (TPSA) is 71.2 Å². The lowest BCUT2D eigenvalue weighted by molar-refractivity contribution is -0.135. The van der Waals surface area contributed by atoms with E-state index in [0.717, 1.165) is 45.2 Å². The summed E-state index contributed by atoms with van der Waals surface area (Å²) in [5.41, 5.74) is 1.21. The Labute approximate surface area is 148 Å². The lowest BCUT2D eigenvalue weighted by Gasteiger charge is -2.36. The molecule has 1 N–H and O–H groups in total. The van der Waals surface area contributed by atoms with Crippen LogP contribution in [0.1, 0.15) is 44.1 Å². The van der Waals surface area contributed by atoms with Gasteiger partial charge in [-0.3, -0.25) is 9.48 Å². The summed E-state index contributed by atoms with van der Waals surface area (Å²) in [6, 6.07) is 7.71. The summed E-state index contributed by atoms with van der Waals surface area (Å²) in [6.45, 7) is 1.61. The molecule has 1 aromatic heterocycles. The number of phenols is 1. The van der Waals surface area contributed by atoms with E-state index in [2.05, 4.69) is 15.0 Å². The van der Waals surface area contributed by atoms with Crippen molar-refractivity contribution in [2.75, 3.05) is 6.54 Å². The standard InChI is InChI=1S/C19H26N4O2/c24-18-10-7-16(8-11-18)6-9-17-4-1-2-13-23(17)19(25)5-3-12-22-15-20-14-21-22/h7-8,10-11,14-15,17,24H,1-6,9,12-13H2/t17-/m0/s1. The molecule has 1 aliphatic heterocycles. The molecule has 1 aromatic carbocycles. The van der Waals surface area contributed by atoms with Gasteiger partial charge in [-0.2, -0.15) is 5.10 Å². The van der Waals surface area contributed by atoms with Crippen LogP contribution in [-0.4, -0.2) is 43.3 Å². The lowest BCUT2D eigenvalue weighted by Crippen LogP contribution is -2.44. The number of amides is 1. The van der Waals surface area contributed by atoms with Crippen LogP contribution in [0.5, 0.6) is 5.75 Å². The van der Waals surface area contributed by atoms with Gasteiger partial charge >= 0.3 is 0 Å². The van der Waals surface area contributed by atoms with Gasteiger partial charge in [0, 0.05) is 25.6 Å². The average molecular weight is 342 g/mol. The molecule has 1 atom stereocenters. The number of piperidine rings is 1. The third-order valence-corrected chi connectivity index (χ3v) is 4.89. The molecule has 0 aliphatic carbocycles. The van der Waals surface area contributed by atoms with Gasteiger partial charge in [0.05, 0.1) is 0 Å². The molecule has 0 bridgehead atoms. The Morgan fingerprint density at radius 1 is 1.24 bits per heavy atom. The minimum Gasteiger partial charge on any atom is -0.508 e. The molecule has 0 radical (unpaired) electrons. The van der Waals surface area contributed by atoms with Crippen LogP contribution >= 0.6 is 0 Å². The highest BCUT2D eigenvalue weighted by Gasteiger charge is 2.25. The van der Waals surface area contributed by atoms with Gasteiger partial charge in [-0.1, -0.05) is 12.1 Å². The quantitative estimate of drug-likeness (QED) is 0.840. The molecular formula is C19H26N4O2. The van der Waals surface area contributed by atoms with Crippen molar-refractivity contribution in [1.82, 2.24) is 19.7 Å². The van der Waals surface area contributed by atoms with E-state index in [1.54, 1.807) is 23.1 Å². The fourth-order valence-corrected chi connectivity index (χ4v) is 3.51. The highest BCUT2D eigenvalue weighted by molar-refractivity contribution is 5.76. The Bertz CT molecular complexity index is 655. The van der Waals surface area contributed by atoms with Crippen LogP contribution < -0.4 is 0 Å². The molecule has 25 heavy (non-hydrogen) atoms. The van der Waals surface area contributed by atoms with Gasteiger partial charge in [0.25, 0.3) is 0 Å². The summed E-state index contributed by atoms with van der Waals surface area (Å²) in [6.07, 6.45) is 9.88. The summed E-state index contributed by atoms with van der Waals surface area (Å²) in [7, 11) is 0. The predicted octanol–water partition coefficient (Wildman–Crippen LogP) is 2.78. The molecule has 1 amide bonds. The van der Waals surface area contributed by atoms with Crippen LogP contribution in [0.3, 0.4) is 0 Å². The smallest absolute Gasteiger partial charge is 0.222 e. The number of carbonyl (C=O) groups excluding carboxylic acids is 1. The number of hydrogen-bond acceptors (Lipinski definition) is 4. The third-order valence-electron chi connectivity index (χ3n) is 4.89. The molecular weight excluding hydrogens is 316 g/mol. The summed E-state index contributed by atoms with van der Waals surface area (Å²) in [4.78, 5) is 18.7. The van der Waals surface area contributed by atoms with Gasteiger partial charge in [0.2, 0.25) is 5.91 Å². The Morgan fingerprint density at radius 3 is 2.84 bits per heavy atom. The predicted molar refractivity (Wildman–Crippen MR) is 95.0 cm³/mol. The van der Waals surface area contributed by atoms with Gasteiger partial charge < -0.3 is 10.0 Å². The number of carbonyl (C=O) groups is 1. The molecule has 2 heterocycles. The second kappa shape index (κ2) is 8.65. The van der Waals surface area contributed by atoms with E-state index in [0.29, 0.717) is 18.2 Å². The lowest BCUT2D eigenvalue weighted by atomic mass is 9.95. The number of aromatic hydroxyl groups is 1. The zero-order valence-corrected chi connectivity index (χ0v) is 14.5. The van der Waals surface area contributed by atoms with Gasteiger partial charge in [0.1, 0.15) is 18.4 Å². The highest BCUT2D eigenvalue weighted by atomic mass is 16.3. The summed E-state index contributed by atoms with van der Waals surface area (Å²) in [5, 5.41) is 13.4. The number of aromatic nitrogens is 3. The number of benzene rings is 1. The van der Waals surface area contributed by atoms with E-state index in [1.165, 1.54) is 18.3 Å². The molecule has 2 aromatic rings. The second-order valence-corrected chi connectivity index (χ2v) is 6.70. The van der Waals surface area contributed by atoms with E-state index in [1.807, 2.05) is 12.1 Å². The van der Waals surface area contributed by atoms with Crippen molar-refractivity contribution in [3.8, 4) is 5.75 Å². The van der Waals surface area contributed by atoms with Crippen LogP contribution in [0.15, 0.2) is 36.9 Å². The Kier molecular flexibility index (Phi) is 6.04. The SMILES string of the molecule is O=C(CCCn1cncn1)N1CCCC[C@H]1CCc1ccc(O)cc1. The van der Waals surface area contributed by atoms with Crippen molar-refractivity contribution in [2.24, 2.45) is 0 Å². The Hall–Kier alpha value is -2.37. The zero-order chi connectivity index (χ0) is 17.5. The molecule has 1 saturated heterocycles. The maximum absolute atomic E-state index is 12.6. The Balaban J connectivity index is 1.49. The minimum atomic E-state index is 0.260. The Morgan fingerprint density at radius 2 is 2.08 bits per heavy atom. The molecule has 1 fully saturated rings. The maximum Gasteiger partial charge on any atom is 0.222 e. The molecule has 6 heteroatoms. The number of likely N-dealkylation sites (tertiary alicyclic amines) is 1. The fraction of sp³-hybridized carbons (Fsp3) is 0.526. The third kappa shape index (κ3) is 5.05. The average Bonchev–Trinajstić information content (AvgIpc) is 3.15. The van der Waals surface area contributed by atoms with E-state index in [4.69, 9.17) is 0 Å². The summed E-state index contributed by atoms with van der Waals surface area (Å²) < 4.78 is 1.77. The van der Waals surface area contributed by atoms with Crippen molar-refractivity contribution >= 4 is 5.91 Å². The van der Waals surface area contributed by atoms with E-state index in [9.17, 15) is 9.90 Å². The largest absolute Gasteiger partial charge is 0.508 e. The van der Waals surface area contributed by atoms with Crippen LogP contribution in [0, 0.1) is 0 Å². The number of nitrogens with zero attached hydrogens (tertiary/aromatic N) is 4. The van der Waals surface area contributed by atoms with Crippen molar-refractivity contribution in [3.63, 3.8) is 0 Å². The molecule has 134 valence electrons. The molecule has 0 spiro atoms.